The molecule has 2 rings (SSSR count). The van der Waals surface area contributed by atoms with Gasteiger partial charge in [-0.25, -0.2) is 0 Å². The summed E-state index contributed by atoms with van der Waals surface area (Å²) in [5, 5.41) is 0. The Morgan fingerprint density at radius 3 is 1.59 bits per heavy atom. The van der Waals surface area contributed by atoms with E-state index in [4.69, 9.17) is 5.84 Å². The predicted molar refractivity (Wildman–Crippen MR) is 71.5 cm³/mol. The van der Waals surface area contributed by atoms with E-state index in [-0.39, 0.29) is 12.0 Å². The van der Waals surface area contributed by atoms with E-state index in [1.165, 1.54) is 11.1 Å². The van der Waals surface area contributed by atoms with Crippen molar-refractivity contribution < 1.29 is 0 Å². The molecule has 0 aromatic heterocycles. The number of hydrazine groups is 1. The van der Waals surface area contributed by atoms with Crippen LogP contribution in [0.15, 0.2) is 60.7 Å². The Balaban J connectivity index is 2.39. The number of rotatable bonds is 4. The molecule has 3 N–H and O–H groups in total. The maximum absolute atomic E-state index is 5.60. The summed E-state index contributed by atoms with van der Waals surface area (Å²) in [6.45, 7) is 2.10. The van der Waals surface area contributed by atoms with Crippen LogP contribution < -0.4 is 11.3 Å². The minimum Gasteiger partial charge on any atom is -0.271 e. The maximum Gasteiger partial charge on any atom is 0.0291 e. The van der Waals surface area contributed by atoms with Crippen molar-refractivity contribution in [3.8, 4) is 0 Å². The Hall–Kier alpha value is -1.64. The largest absolute Gasteiger partial charge is 0.271 e. The third-order valence-corrected chi connectivity index (χ3v) is 3.08. The molecule has 2 heteroatoms. The van der Waals surface area contributed by atoms with E-state index < -0.39 is 0 Å². The molecule has 0 unspecified atom stereocenters. The summed E-state index contributed by atoms with van der Waals surface area (Å²) in [6.07, 6.45) is 0. The van der Waals surface area contributed by atoms with Crippen LogP contribution in [0, 0.1) is 0 Å². The van der Waals surface area contributed by atoms with Crippen molar-refractivity contribution in [2.24, 2.45) is 5.84 Å². The van der Waals surface area contributed by atoms with Crippen LogP contribution in [0.2, 0.25) is 0 Å². The molecule has 0 fully saturated rings. The van der Waals surface area contributed by atoms with Gasteiger partial charge in [-0.05, 0) is 18.1 Å². The number of nitrogens with one attached hydrogen (secondary N) is 1. The van der Waals surface area contributed by atoms with Gasteiger partial charge < -0.3 is 0 Å². The van der Waals surface area contributed by atoms with Crippen molar-refractivity contribution in [1.29, 1.82) is 0 Å². The van der Waals surface area contributed by atoms with Crippen LogP contribution in [-0.2, 0) is 0 Å². The lowest BCUT2D eigenvalue weighted by atomic mass is 9.86. The summed E-state index contributed by atoms with van der Waals surface area (Å²) in [4.78, 5) is 0. The summed E-state index contributed by atoms with van der Waals surface area (Å²) in [5.74, 6) is 5.88. The average Bonchev–Trinajstić information content (AvgIpc) is 2.41. The van der Waals surface area contributed by atoms with Crippen molar-refractivity contribution in [1.82, 2.24) is 5.43 Å². The van der Waals surface area contributed by atoms with E-state index in [2.05, 4.69) is 60.9 Å². The van der Waals surface area contributed by atoms with Crippen molar-refractivity contribution in [3.05, 3.63) is 71.8 Å². The summed E-state index contributed by atoms with van der Waals surface area (Å²) in [6, 6.07) is 21.1. The first-order valence-corrected chi connectivity index (χ1v) is 5.89. The highest BCUT2D eigenvalue weighted by Crippen LogP contribution is 2.27. The van der Waals surface area contributed by atoms with E-state index in [0.29, 0.717) is 0 Å². The lowest BCUT2D eigenvalue weighted by Gasteiger charge is -2.24. The van der Waals surface area contributed by atoms with Crippen LogP contribution >= 0.6 is 0 Å². The Kier molecular flexibility index (Phi) is 3.91. The topological polar surface area (TPSA) is 38.0 Å². The van der Waals surface area contributed by atoms with Crippen LogP contribution in [0.4, 0.5) is 0 Å². The first-order chi connectivity index (χ1) is 8.33. The molecule has 0 aliphatic heterocycles. The van der Waals surface area contributed by atoms with Gasteiger partial charge in [-0.15, -0.1) is 0 Å². The van der Waals surface area contributed by atoms with E-state index in [1.807, 2.05) is 12.1 Å². The average molecular weight is 226 g/mol. The molecule has 0 saturated carbocycles. The molecule has 0 radical (unpaired) electrons. The molecule has 2 aromatic carbocycles. The summed E-state index contributed by atoms with van der Waals surface area (Å²) in [7, 11) is 0. The van der Waals surface area contributed by atoms with Gasteiger partial charge in [0.1, 0.15) is 0 Å². The van der Waals surface area contributed by atoms with Gasteiger partial charge in [0.15, 0.2) is 0 Å². The zero-order valence-electron chi connectivity index (χ0n) is 10.0. The first-order valence-electron chi connectivity index (χ1n) is 5.89. The molecule has 2 nitrogen and oxygen atoms in total. The molecule has 0 bridgehead atoms. The second-order valence-electron chi connectivity index (χ2n) is 4.25. The van der Waals surface area contributed by atoms with Gasteiger partial charge in [-0.2, -0.15) is 0 Å². The van der Waals surface area contributed by atoms with Crippen LogP contribution in [0.3, 0.4) is 0 Å². The van der Waals surface area contributed by atoms with Gasteiger partial charge in [0.25, 0.3) is 0 Å². The van der Waals surface area contributed by atoms with Crippen LogP contribution in [0.5, 0.6) is 0 Å². The number of benzene rings is 2. The van der Waals surface area contributed by atoms with E-state index in [0.717, 1.165) is 0 Å². The summed E-state index contributed by atoms with van der Waals surface area (Å²) < 4.78 is 0. The second-order valence-corrected chi connectivity index (χ2v) is 4.25. The number of nitrogens with two attached hydrogens (primary N) is 1. The third kappa shape index (κ3) is 2.73. The third-order valence-electron chi connectivity index (χ3n) is 3.08. The molecule has 0 heterocycles. The van der Waals surface area contributed by atoms with E-state index in [9.17, 15) is 0 Å². The highest BCUT2D eigenvalue weighted by Gasteiger charge is 2.19. The molecule has 0 aliphatic carbocycles. The van der Waals surface area contributed by atoms with E-state index in [1.54, 1.807) is 0 Å². The van der Waals surface area contributed by atoms with Gasteiger partial charge in [-0.1, -0.05) is 60.7 Å². The monoisotopic (exact) mass is 226 g/mol. The van der Waals surface area contributed by atoms with Crippen LogP contribution in [0.1, 0.15) is 24.0 Å². The fourth-order valence-electron chi connectivity index (χ4n) is 2.19. The molecule has 88 valence electrons. The normalized spacial score (nSPS) is 12.6. The standard InChI is InChI=1S/C15H18N2/c1-12(17-16)15(13-8-4-2-5-9-13)14-10-6-3-7-11-14/h2-12,15,17H,16H2,1H3/t12-/m1/s1. The summed E-state index contributed by atoms with van der Waals surface area (Å²) in [5.41, 5.74) is 5.43. The maximum atomic E-state index is 5.60. The van der Waals surface area contributed by atoms with Crippen molar-refractivity contribution in [2.75, 3.05) is 0 Å². The molecule has 0 amide bonds. The molecular formula is C15H18N2. The molecule has 1 atom stereocenters. The molecule has 17 heavy (non-hydrogen) atoms. The number of hydrogen-bond donors (Lipinski definition) is 2. The van der Waals surface area contributed by atoms with Gasteiger partial charge in [0.2, 0.25) is 0 Å². The molecule has 2 aromatic rings. The lowest BCUT2D eigenvalue weighted by molar-refractivity contribution is 0.515. The number of hydrogen-bond acceptors (Lipinski definition) is 2. The molecule has 0 spiro atoms. The van der Waals surface area contributed by atoms with Gasteiger partial charge in [0.05, 0.1) is 0 Å². The van der Waals surface area contributed by atoms with E-state index >= 15 is 0 Å². The lowest BCUT2D eigenvalue weighted by Crippen LogP contribution is -2.37. The highest BCUT2D eigenvalue weighted by atomic mass is 15.2. The fraction of sp³-hybridized carbons (Fsp3) is 0.200. The van der Waals surface area contributed by atoms with Crippen LogP contribution in [0.25, 0.3) is 0 Å². The molecule has 0 aliphatic rings. The van der Waals surface area contributed by atoms with Crippen molar-refractivity contribution >= 4 is 0 Å². The van der Waals surface area contributed by atoms with Crippen molar-refractivity contribution in [2.45, 2.75) is 18.9 Å². The highest BCUT2D eigenvalue weighted by molar-refractivity contribution is 5.33. The molecule has 0 saturated heterocycles. The quantitative estimate of drug-likeness (QED) is 0.621. The Labute approximate surface area is 102 Å². The minimum absolute atomic E-state index is 0.194. The molecular weight excluding hydrogens is 208 g/mol. The zero-order chi connectivity index (χ0) is 12.1. The predicted octanol–water partition coefficient (Wildman–Crippen LogP) is 2.67. The van der Waals surface area contributed by atoms with Crippen LogP contribution in [-0.4, -0.2) is 6.04 Å². The smallest absolute Gasteiger partial charge is 0.0291 e. The Bertz CT molecular complexity index is 399. The van der Waals surface area contributed by atoms with Crippen molar-refractivity contribution in [3.63, 3.8) is 0 Å². The minimum atomic E-state index is 0.194. The van der Waals surface area contributed by atoms with Gasteiger partial charge in [0, 0.05) is 12.0 Å². The summed E-state index contributed by atoms with van der Waals surface area (Å²) >= 11 is 0. The van der Waals surface area contributed by atoms with Gasteiger partial charge >= 0.3 is 0 Å². The fourth-order valence-corrected chi connectivity index (χ4v) is 2.19. The Morgan fingerprint density at radius 1 is 0.824 bits per heavy atom. The van der Waals surface area contributed by atoms with Gasteiger partial charge in [-0.3, -0.25) is 11.3 Å². The SMILES string of the molecule is C[C@@H](NN)C(c1ccccc1)c1ccccc1. The second kappa shape index (κ2) is 5.62. The zero-order valence-corrected chi connectivity index (χ0v) is 10.0. The first kappa shape index (κ1) is 11.8. The Morgan fingerprint density at radius 2 is 1.24 bits per heavy atom.